The number of ether oxygens (including phenoxy) is 1. The average molecular weight is 426 g/mol. The van der Waals surface area contributed by atoms with Crippen molar-refractivity contribution in [3.63, 3.8) is 0 Å². The zero-order valence-corrected chi connectivity index (χ0v) is 18.4. The maximum absolute atomic E-state index is 12.8. The Hall–Kier alpha value is -2.43. The van der Waals surface area contributed by atoms with Crippen LogP contribution >= 0.6 is 23.4 Å². The van der Waals surface area contributed by atoms with Crippen LogP contribution < -0.4 is 10.1 Å². The van der Waals surface area contributed by atoms with E-state index in [2.05, 4.69) is 11.4 Å². The zero-order chi connectivity index (χ0) is 20.8. The Bertz CT molecular complexity index is 982. The van der Waals surface area contributed by atoms with Gasteiger partial charge in [-0.3, -0.25) is 4.79 Å². The number of amides is 1. The Morgan fingerprint density at radius 2 is 1.69 bits per heavy atom. The monoisotopic (exact) mass is 425 g/mol. The molecule has 29 heavy (non-hydrogen) atoms. The Kier molecular flexibility index (Phi) is 7.24. The van der Waals surface area contributed by atoms with E-state index in [-0.39, 0.29) is 5.91 Å². The molecule has 3 nitrogen and oxygen atoms in total. The predicted molar refractivity (Wildman–Crippen MR) is 122 cm³/mol. The van der Waals surface area contributed by atoms with E-state index in [4.69, 9.17) is 16.3 Å². The third-order valence-electron chi connectivity index (χ3n) is 4.31. The summed E-state index contributed by atoms with van der Waals surface area (Å²) in [6.07, 6.45) is 0. The molecule has 0 spiro atoms. The van der Waals surface area contributed by atoms with E-state index < -0.39 is 0 Å². The molecule has 0 aliphatic rings. The number of nitrogens with one attached hydrogen (secondary N) is 1. The first-order valence-electron chi connectivity index (χ1n) is 9.48. The van der Waals surface area contributed by atoms with Crippen molar-refractivity contribution < 1.29 is 9.53 Å². The van der Waals surface area contributed by atoms with Gasteiger partial charge in [-0.25, -0.2) is 0 Å². The summed E-state index contributed by atoms with van der Waals surface area (Å²) in [4.78, 5) is 13.9. The van der Waals surface area contributed by atoms with Crippen LogP contribution in [0.3, 0.4) is 0 Å². The summed E-state index contributed by atoms with van der Waals surface area (Å²) in [5, 5.41) is 3.71. The van der Waals surface area contributed by atoms with Crippen molar-refractivity contribution in [3.8, 4) is 5.75 Å². The van der Waals surface area contributed by atoms with Gasteiger partial charge in [0.25, 0.3) is 5.91 Å². The number of halogens is 1. The van der Waals surface area contributed by atoms with Gasteiger partial charge in [0.05, 0.1) is 6.61 Å². The van der Waals surface area contributed by atoms with Crippen LogP contribution in [-0.2, 0) is 5.75 Å². The van der Waals surface area contributed by atoms with Crippen molar-refractivity contribution in [1.29, 1.82) is 0 Å². The maximum Gasteiger partial charge on any atom is 0.255 e. The molecule has 3 aromatic carbocycles. The van der Waals surface area contributed by atoms with Crippen LogP contribution in [0.4, 0.5) is 5.69 Å². The second-order valence-corrected chi connectivity index (χ2v) is 8.31. The molecule has 1 amide bonds. The Morgan fingerprint density at radius 3 is 2.34 bits per heavy atom. The van der Waals surface area contributed by atoms with E-state index >= 15 is 0 Å². The van der Waals surface area contributed by atoms with Gasteiger partial charge in [-0.1, -0.05) is 17.7 Å². The highest BCUT2D eigenvalue weighted by Crippen LogP contribution is 2.30. The topological polar surface area (TPSA) is 38.3 Å². The summed E-state index contributed by atoms with van der Waals surface area (Å²) in [6, 6.07) is 19.3. The molecule has 1 N–H and O–H groups in total. The van der Waals surface area contributed by atoms with E-state index in [0.717, 1.165) is 38.0 Å². The van der Waals surface area contributed by atoms with Crippen LogP contribution in [0.1, 0.15) is 34.0 Å². The number of aryl methyl sites for hydroxylation is 2. The average Bonchev–Trinajstić information content (AvgIpc) is 2.67. The fourth-order valence-electron chi connectivity index (χ4n) is 3.07. The predicted octanol–water partition coefficient (Wildman–Crippen LogP) is 6.90. The summed E-state index contributed by atoms with van der Waals surface area (Å²) in [5.74, 6) is 1.37. The van der Waals surface area contributed by atoms with E-state index in [1.54, 1.807) is 17.8 Å². The molecule has 3 rings (SSSR count). The van der Waals surface area contributed by atoms with Gasteiger partial charge < -0.3 is 10.1 Å². The standard InChI is InChI=1S/C24H24ClNO2S/c1-4-28-23-10-5-18(24(27)26-21-12-16(2)11-17(3)13-21)14-19(23)15-29-22-8-6-20(25)7-9-22/h5-14H,4,15H2,1-3H3,(H,26,27). The molecule has 0 radical (unpaired) electrons. The number of thioether (sulfide) groups is 1. The molecule has 0 saturated carbocycles. The van der Waals surface area contributed by atoms with Gasteiger partial charge in [-0.15, -0.1) is 11.8 Å². The van der Waals surface area contributed by atoms with Gasteiger partial charge in [0.2, 0.25) is 0 Å². The van der Waals surface area contributed by atoms with Crippen molar-refractivity contribution >= 4 is 35.0 Å². The molecule has 0 fully saturated rings. The number of hydrogen-bond acceptors (Lipinski definition) is 3. The first-order valence-corrected chi connectivity index (χ1v) is 10.8. The molecule has 150 valence electrons. The summed E-state index contributed by atoms with van der Waals surface area (Å²) in [7, 11) is 0. The maximum atomic E-state index is 12.8. The highest BCUT2D eigenvalue weighted by atomic mass is 35.5. The highest BCUT2D eigenvalue weighted by molar-refractivity contribution is 7.98. The molecule has 0 saturated heterocycles. The largest absolute Gasteiger partial charge is 0.494 e. The first-order chi connectivity index (χ1) is 13.9. The lowest BCUT2D eigenvalue weighted by atomic mass is 10.1. The summed E-state index contributed by atoms with van der Waals surface area (Å²) in [6.45, 7) is 6.57. The molecule has 0 aliphatic heterocycles. The second kappa shape index (κ2) is 9.86. The van der Waals surface area contributed by atoms with Gasteiger partial charge in [0, 0.05) is 32.5 Å². The van der Waals surface area contributed by atoms with Crippen LogP contribution in [0.15, 0.2) is 65.6 Å². The van der Waals surface area contributed by atoms with Crippen molar-refractivity contribution in [2.75, 3.05) is 11.9 Å². The van der Waals surface area contributed by atoms with Crippen LogP contribution in [0.2, 0.25) is 5.02 Å². The van der Waals surface area contributed by atoms with Gasteiger partial charge in [0.15, 0.2) is 0 Å². The fraction of sp³-hybridized carbons (Fsp3) is 0.208. The van der Waals surface area contributed by atoms with Gasteiger partial charge >= 0.3 is 0 Å². The summed E-state index contributed by atoms with van der Waals surface area (Å²) >= 11 is 7.64. The Labute approximate surface area is 181 Å². The first kappa shape index (κ1) is 21.3. The van der Waals surface area contributed by atoms with E-state index in [9.17, 15) is 4.79 Å². The summed E-state index contributed by atoms with van der Waals surface area (Å²) in [5.41, 5.74) is 4.64. The molecule has 0 unspecified atom stereocenters. The van der Waals surface area contributed by atoms with Gasteiger partial charge in [-0.2, -0.15) is 0 Å². The number of rotatable bonds is 7. The quantitative estimate of drug-likeness (QED) is 0.418. The fourth-order valence-corrected chi connectivity index (χ4v) is 4.07. The number of hydrogen-bond donors (Lipinski definition) is 1. The Morgan fingerprint density at radius 1 is 1.00 bits per heavy atom. The lowest BCUT2D eigenvalue weighted by molar-refractivity contribution is 0.102. The normalized spacial score (nSPS) is 10.6. The van der Waals surface area contributed by atoms with Crippen molar-refractivity contribution in [1.82, 2.24) is 0 Å². The smallest absolute Gasteiger partial charge is 0.255 e. The minimum Gasteiger partial charge on any atom is -0.494 e. The molecular formula is C24H24ClNO2S. The van der Waals surface area contributed by atoms with Crippen LogP contribution in [0.25, 0.3) is 0 Å². The second-order valence-electron chi connectivity index (χ2n) is 6.83. The molecular weight excluding hydrogens is 402 g/mol. The zero-order valence-electron chi connectivity index (χ0n) is 16.8. The minimum atomic E-state index is -0.129. The van der Waals surface area contributed by atoms with E-state index in [1.807, 2.05) is 69.3 Å². The SMILES string of the molecule is CCOc1ccc(C(=O)Nc2cc(C)cc(C)c2)cc1CSc1ccc(Cl)cc1. The van der Waals surface area contributed by atoms with Gasteiger partial charge in [0.1, 0.15) is 5.75 Å². The lowest BCUT2D eigenvalue weighted by Gasteiger charge is -2.13. The van der Waals surface area contributed by atoms with Gasteiger partial charge in [-0.05, 0) is 86.5 Å². The molecule has 0 heterocycles. The molecule has 0 aromatic heterocycles. The molecule has 0 aliphatic carbocycles. The third kappa shape index (κ3) is 6.02. The van der Waals surface area contributed by atoms with Crippen LogP contribution in [0.5, 0.6) is 5.75 Å². The highest BCUT2D eigenvalue weighted by Gasteiger charge is 2.12. The molecule has 0 bridgehead atoms. The van der Waals surface area contributed by atoms with E-state index in [0.29, 0.717) is 17.9 Å². The van der Waals surface area contributed by atoms with Crippen molar-refractivity contribution in [2.24, 2.45) is 0 Å². The lowest BCUT2D eigenvalue weighted by Crippen LogP contribution is -2.12. The number of carbonyl (C=O) groups excluding carboxylic acids is 1. The van der Waals surface area contributed by atoms with Crippen LogP contribution in [0, 0.1) is 13.8 Å². The van der Waals surface area contributed by atoms with E-state index in [1.165, 1.54) is 0 Å². The number of benzene rings is 3. The Balaban J connectivity index is 1.79. The van der Waals surface area contributed by atoms with Crippen LogP contribution in [-0.4, -0.2) is 12.5 Å². The van der Waals surface area contributed by atoms with Crippen molar-refractivity contribution in [2.45, 2.75) is 31.4 Å². The number of carbonyl (C=O) groups is 1. The third-order valence-corrected chi connectivity index (χ3v) is 5.62. The molecule has 5 heteroatoms. The number of anilines is 1. The van der Waals surface area contributed by atoms with Crippen molar-refractivity contribution in [3.05, 3.63) is 87.9 Å². The summed E-state index contributed by atoms with van der Waals surface area (Å²) < 4.78 is 5.76. The molecule has 0 atom stereocenters. The molecule has 3 aromatic rings. The minimum absolute atomic E-state index is 0.129.